The number of nitro groups is 1. The van der Waals surface area contributed by atoms with E-state index in [0.29, 0.717) is 29.9 Å². The Balaban J connectivity index is 3.00. The van der Waals surface area contributed by atoms with E-state index in [2.05, 4.69) is 17.3 Å². The highest BCUT2D eigenvalue weighted by molar-refractivity contribution is 7.99. The van der Waals surface area contributed by atoms with Crippen LogP contribution in [0.2, 0.25) is 0 Å². The minimum absolute atomic E-state index is 0.0942. The van der Waals surface area contributed by atoms with Gasteiger partial charge in [0, 0.05) is 18.3 Å². The zero-order valence-corrected chi connectivity index (χ0v) is 12.1. The molecule has 1 aromatic rings. The summed E-state index contributed by atoms with van der Waals surface area (Å²) < 4.78 is 1.69. The van der Waals surface area contributed by atoms with Crippen molar-refractivity contribution in [3.05, 3.63) is 15.8 Å². The quantitative estimate of drug-likeness (QED) is 0.610. The molecule has 1 aromatic heterocycles. The van der Waals surface area contributed by atoms with Gasteiger partial charge in [0.05, 0.1) is 4.92 Å². The van der Waals surface area contributed by atoms with E-state index in [-0.39, 0.29) is 10.6 Å². The van der Waals surface area contributed by atoms with Gasteiger partial charge in [-0.25, -0.2) is 4.68 Å². The molecule has 102 valence electrons. The molecule has 18 heavy (non-hydrogen) atoms. The van der Waals surface area contributed by atoms with Crippen LogP contribution in [0.15, 0.2) is 0 Å². The summed E-state index contributed by atoms with van der Waals surface area (Å²) in [6.07, 6.45) is 2.92. The van der Waals surface area contributed by atoms with Gasteiger partial charge in [-0.2, -0.15) is 16.9 Å². The molecule has 0 aliphatic heterocycles. The molecule has 0 radical (unpaired) electrons. The van der Waals surface area contributed by atoms with Crippen molar-refractivity contribution in [3.8, 4) is 0 Å². The van der Waals surface area contributed by atoms with Crippen molar-refractivity contribution in [1.29, 1.82) is 0 Å². The first-order valence-electron chi connectivity index (χ1n) is 5.99. The Bertz CT molecular complexity index is 419. The van der Waals surface area contributed by atoms with Crippen LogP contribution >= 0.6 is 11.8 Å². The van der Waals surface area contributed by atoms with Crippen molar-refractivity contribution < 1.29 is 4.92 Å². The molecular weight excluding hydrogens is 252 g/mol. The molecule has 0 fully saturated rings. The molecule has 1 heterocycles. The van der Waals surface area contributed by atoms with Crippen LogP contribution in [0.3, 0.4) is 0 Å². The van der Waals surface area contributed by atoms with E-state index in [1.807, 2.05) is 13.2 Å². The maximum atomic E-state index is 11.1. The maximum Gasteiger partial charge on any atom is 0.333 e. The molecule has 0 aliphatic carbocycles. The number of aryl methyl sites for hydroxylation is 2. The van der Waals surface area contributed by atoms with Gasteiger partial charge >= 0.3 is 5.69 Å². The lowest BCUT2D eigenvalue weighted by atomic mass is 10.3. The van der Waals surface area contributed by atoms with E-state index in [9.17, 15) is 10.1 Å². The summed E-state index contributed by atoms with van der Waals surface area (Å²) in [5.41, 5.74) is 0.560. The number of thioether (sulfide) groups is 1. The molecular formula is C11H20N4O2S. The van der Waals surface area contributed by atoms with Crippen LogP contribution < -0.4 is 5.32 Å². The first-order valence-corrected chi connectivity index (χ1v) is 7.28. The van der Waals surface area contributed by atoms with Crippen molar-refractivity contribution in [2.24, 2.45) is 0 Å². The third-order valence-electron chi connectivity index (χ3n) is 2.67. The Hall–Kier alpha value is -1.24. The van der Waals surface area contributed by atoms with Crippen molar-refractivity contribution in [2.75, 3.05) is 18.1 Å². The Morgan fingerprint density at radius 2 is 2.28 bits per heavy atom. The molecule has 1 rings (SSSR count). The Labute approximate surface area is 111 Å². The number of aromatic nitrogens is 2. The van der Waals surface area contributed by atoms with Crippen LogP contribution in [0, 0.1) is 17.0 Å². The highest BCUT2D eigenvalue weighted by atomic mass is 32.2. The fourth-order valence-corrected chi connectivity index (χ4v) is 1.91. The van der Waals surface area contributed by atoms with Crippen LogP contribution in [0.5, 0.6) is 0 Å². The first-order chi connectivity index (χ1) is 8.51. The molecule has 0 aromatic carbocycles. The first kappa shape index (κ1) is 14.8. The zero-order chi connectivity index (χ0) is 13.7. The zero-order valence-electron chi connectivity index (χ0n) is 11.3. The predicted molar refractivity (Wildman–Crippen MR) is 75.4 cm³/mol. The van der Waals surface area contributed by atoms with E-state index in [0.717, 1.165) is 6.42 Å². The van der Waals surface area contributed by atoms with Crippen LogP contribution in [0.4, 0.5) is 11.5 Å². The molecule has 0 spiro atoms. The third kappa shape index (κ3) is 3.38. The van der Waals surface area contributed by atoms with Gasteiger partial charge in [-0.3, -0.25) is 10.1 Å². The molecule has 1 N–H and O–H groups in total. The van der Waals surface area contributed by atoms with E-state index >= 15 is 0 Å². The Kier molecular flexibility index (Phi) is 5.46. The summed E-state index contributed by atoms with van der Waals surface area (Å²) in [7, 11) is 0. The van der Waals surface area contributed by atoms with Gasteiger partial charge < -0.3 is 5.32 Å². The normalized spacial score (nSPS) is 12.4. The molecule has 1 atom stereocenters. The number of anilines is 1. The van der Waals surface area contributed by atoms with Gasteiger partial charge in [0.1, 0.15) is 5.69 Å². The van der Waals surface area contributed by atoms with E-state index in [1.165, 1.54) is 0 Å². The summed E-state index contributed by atoms with van der Waals surface area (Å²) in [6.45, 7) is 7.16. The summed E-state index contributed by atoms with van der Waals surface area (Å²) in [4.78, 5) is 10.7. The monoisotopic (exact) mass is 272 g/mol. The third-order valence-corrected chi connectivity index (χ3v) is 3.64. The number of rotatable bonds is 7. The second-order valence-electron chi connectivity index (χ2n) is 4.19. The number of nitrogens with one attached hydrogen (secondary N) is 1. The van der Waals surface area contributed by atoms with Gasteiger partial charge in [-0.05, 0) is 19.6 Å². The van der Waals surface area contributed by atoms with Crippen LogP contribution in [-0.2, 0) is 6.54 Å². The van der Waals surface area contributed by atoms with Crippen LogP contribution in [0.25, 0.3) is 0 Å². The minimum atomic E-state index is -0.361. The molecule has 0 aliphatic rings. The Morgan fingerprint density at radius 1 is 1.61 bits per heavy atom. The topological polar surface area (TPSA) is 73.0 Å². The second kappa shape index (κ2) is 6.63. The molecule has 6 nitrogen and oxygen atoms in total. The van der Waals surface area contributed by atoms with Gasteiger partial charge in [-0.15, -0.1) is 0 Å². The lowest BCUT2D eigenvalue weighted by Crippen LogP contribution is -2.16. The largest absolute Gasteiger partial charge is 0.363 e. The van der Waals surface area contributed by atoms with Crippen molar-refractivity contribution >= 4 is 23.3 Å². The fraction of sp³-hybridized carbons (Fsp3) is 0.727. The van der Waals surface area contributed by atoms with Crippen LogP contribution in [0.1, 0.15) is 26.0 Å². The second-order valence-corrected chi connectivity index (χ2v) is 5.47. The molecule has 0 saturated carbocycles. The molecule has 0 amide bonds. The number of hydrogen-bond donors (Lipinski definition) is 1. The van der Waals surface area contributed by atoms with Gasteiger partial charge in [0.25, 0.3) is 0 Å². The van der Waals surface area contributed by atoms with E-state index in [4.69, 9.17) is 0 Å². The average molecular weight is 272 g/mol. The van der Waals surface area contributed by atoms with Crippen molar-refractivity contribution in [2.45, 2.75) is 39.0 Å². The van der Waals surface area contributed by atoms with E-state index < -0.39 is 0 Å². The maximum absolute atomic E-state index is 11.1. The van der Waals surface area contributed by atoms with Gasteiger partial charge in [0.2, 0.25) is 5.82 Å². The van der Waals surface area contributed by atoms with Gasteiger partial charge in [0.15, 0.2) is 0 Å². The molecule has 1 unspecified atom stereocenters. The highest BCUT2D eigenvalue weighted by Crippen LogP contribution is 2.28. The summed E-state index contributed by atoms with van der Waals surface area (Å²) in [5.74, 6) is 0.528. The summed E-state index contributed by atoms with van der Waals surface area (Å²) in [5, 5.41) is 18.9. The predicted octanol–water partition coefficient (Wildman–Crippen LogP) is 2.67. The lowest BCUT2D eigenvalue weighted by Gasteiger charge is -2.11. The number of nitrogens with zero attached hydrogens (tertiary/aromatic N) is 3. The smallest absolute Gasteiger partial charge is 0.333 e. The fourth-order valence-electron chi connectivity index (χ4n) is 1.66. The molecule has 7 heteroatoms. The minimum Gasteiger partial charge on any atom is -0.363 e. The standard InChI is InChI=1S/C11H20N4O2S/c1-5-6-14-11(12-7-8(2)18-4)10(15(16)17)9(3)13-14/h8,12H,5-7H2,1-4H3. The van der Waals surface area contributed by atoms with Crippen molar-refractivity contribution in [1.82, 2.24) is 9.78 Å². The van der Waals surface area contributed by atoms with Gasteiger partial charge in [-0.1, -0.05) is 13.8 Å². The van der Waals surface area contributed by atoms with Crippen LogP contribution in [-0.4, -0.2) is 32.8 Å². The summed E-state index contributed by atoms with van der Waals surface area (Å²) in [6, 6.07) is 0. The Morgan fingerprint density at radius 3 is 2.78 bits per heavy atom. The molecule has 0 bridgehead atoms. The highest BCUT2D eigenvalue weighted by Gasteiger charge is 2.24. The lowest BCUT2D eigenvalue weighted by molar-refractivity contribution is -0.384. The van der Waals surface area contributed by atoms with Crippen molar-refractivity contribution in [3.63, 3.8) is 0 Å². The average Bonchev–Trinajstić information content (AvgIpc) is 2.62. The van der Waals surface area contributed by atoms with E-state index in [1.54, 1.807) is 23.4 Å². The number of hydrogen-bond acceptors (Lipinski definition) is 5. The summed E-state index contributed by atoms with van der Waals surface area (Å²) >= 11 is 1.72. The SMILES string of the molecule is CCCn1nc(C)c([N+](=O)[O-])c1NCC(C)SC. The molecule has 0 saturated heterocycles.